The maximum absolute atomic E-state index is 9.36. The number of hydrogen-bond donors (Lipinski definition) is 2. The van der Waals surface area contributed by atoms with Crippen LogP contribution < -0.4 is 5.32 Å². The van der Waals surface area contributed by atoms with Gasteiger partial charge in [-0.25, -0.2) is 0 Å². The summed E-state index contributed by atoms with van der Waals surface area (Å²) in [5.41, 5.74) is 1.06. The summed E-state index contributed by atoms with van der Waals surface area (Å²) in [6.45, 7) is 2.40. The molecule has 2 N–H and O–H groups in total. The van der Waals surface area contributed by atoms with Crippen molar-refractivity contribution >= 4 is 21.6 Å². The van der Waals surface area contributed by atoms with Crippen molar-refractivity contribution in [3.63, 3.8) is 0 Å². The highest BCUT2D eigenvalue weighted by molar-refractivity contribution is 9.10. The molecule has 0 spiro atoms. The summed E-state index contributed by atoms with van der Waals surface area (Å²) in [4.78, 5) is 0. The van der Waals surface area contributed by atoms with E-state index < -0.39 is 0 Å². The standard InChI is InChI=1S/C14H22BrNO/c1-2-3-4-5-8-12(11-17)16-14-10-7-6-9-13(14)15/h6-7,9-10,12,16-17H,2-5,8,11H2,1H3. The highest BCUT2D eigenvalue weighted by Crippen LogP contribution is 2.22. The smallest absolute Gasteiger partial charge is 0.0632 e. The lowest BCUT2D eigenvalue weighted by Gasteiger charge is -2.18. The minimum absolute atomic E-state index is 0.158. The van der Waals surface area contributed by atoms with E-state index in [0.29, 0.717) is 0 Å². The zero-order chi connectivity index (χ0) is 12.5. The van der Waals surface area contributed by atoms with Gasteiger partial charge in [0.15, 0.2) is 0 Å². The van der Waals surface area contributed by atoms with Crippen LogP contribution in [-0.2, 0) is 0 Å². The SMILES string of the molecule is CCCCCCC(CO)Nc1ccccc1Br. The van der Waals surface area contributed by atoms with E-state index >= 15 is 0 Å². The Kier molecular flexibility index (Phi) is 7.29. The van der Waals surface area contributed by atoms with Crippen molar-refractivity contribution in [1.82, 2.24) is 0 Å². The number of aliphatic hydroxyl groups is 1. The van der Waals surface area contributed by atoms with Crippen LogP contribution in [0.1, 0.15) is 39.0 Å². The Hall–Kier alpha value is -0.540. The van der Waals surface area contributed by atoms with E-state index in [1.807, 2.05) is 24.3 Å². The number of unbranched alkanes of at least 4 members (excludes halogenated alkanes) is 3. The van der Waals surface area contributed by atoms with Crippen LogP contribution in [0.3, 0.4) is 0 Å². The second-order valence-electron chi connectivity index (χ2n) is 4.35. The molecule has 0 bridgehead atoms. The van der Waals surface area contributed by atoms with Crippen molar-refractivity contribution in [2.75, 3.05) is 11.9 Å². The second kappa shape index (κ2) is 8.54. The summed E-state index contributed by atoms with van der Waals surface area (Å²) in [5.74, 6) is 0. The molecule has 2 nitrogen and oxygen atoms in total. The molecule has 0 aliphatic carbocycles. The molecule has 0 aromatic heterocycles. The van der Waals surface area contributed by atoms with Gasteiger partial charge < -0.3 is 10.4 Å². The zero-order valence-corrected chi connectivity index (χ0v) is 12.0. The van der Waals surface area contributed by atoms with Gasteiger partial charge in [0.2, 0.25) is 0 Å². The van der Waals surface area contributed by atoms with Crippen LogP contribution in [0.2, 0.25) is 0 Å². The van der Waals surface area contributed by atoms with E-state index in [1.165, 1.54) is 25.7 Å². The fourth-order valence-electron chi connectivity index (χ4n) is 1.82. The largest absolute Gasteiger partial charge is 0.394 e. The normalized spacial score (nSPS) is 12.4. The molecule has 96 valence electrons. The first-order valence-corrected chi connectivity index (χ1v) is 7.19. The van der Waals surface area contributed by atoms with Crippen LogP contribution >= 0.6 is 15.9 Å². The third kappa shape index (κ3) is 5.55. The third-order valence-corrected chi connectivity index (χ3v) is 3.55. The Morgan fingerprint density at radius 3 is 2.65 bits per heavy atom. The van der Waals surface area contributed by atoms with Gasteiger partial charge in [0, 0.05) is 16.2 Å². The first-order chi connectivity index (χ1) is 8.27. The molecule has 1 aromatic carbocycles. The molecule has 0 saturated carbocycles. The molecule has 3 heteroatoms. The van der Waals surface area contributed by atoms with Gasteiger partial charge in [-0.05, 0) is 34.5 Å². The number of benzene rings is 1. The van der Waals surface area contributed by atoms with Gasteiger partial charge in [-0.1, -0.05) is 44.7 Å². The Labute approximate surface area is 113 Å². The van der Waals surface area contributed by atoms with Crippen LogP contribution in [0.5, 0.6) is 0 Å². The van der Waals surface area contributed by atoms with Gasteiger partial charge in [0.25, 0.3) is 0 Å². The summed E-state index contributed by atoms with van der Waals surface area (Å²) in [6, 6.07) is 8.18. The van der Waals surface area contributed by atoms with Crippen molar-refractivity contribution in [1.29, 1.82) is 0 Å². The number of rotatable bonds is 8. The molecular formula is C14H22BrNO. The average Bonchev–Trinajstić information content (AvgIpc) is 2.35. The van der Waals surface area contributed by atoms with Crippen LogP contribution in [0.25, 0.3) is 0 Å². The number of halogens is 1. The third-order valence-electron chi connectivity index (χ3n) is 2.86. The summed E-state index contributed by atoms with van der Waals surface area (Å²) in [5, 5.41) is 12.7. The Bertz CT molecular complexity index is 317. The predicted molar refractivity (Wildman–Crippen MR) is 77.4 cm³/mol. The predicted octanol–water partition coefficient (Wildman–Crippen LogP) is 4.19. The Morgan fingerprint density at radius 2 is 2.00 bits per heavy atom. The minimum atomic E-state index is 0.158. The Morgan fingerprint density at radius 1 is 1.24 bits per heavy atom. The van der Waals surface area contributed by atoms with Crippen molar-refractivity contribution < 1.29 is 5.11 Å². The molecule has 1 atom stereocenters. The van der Waals surface area contributed by atoms with Crippen molar-refractivity contribution in [2.24, 2.45) is 0 Å². The minimum Gasteiger partial charge on any atom is -0.394 e. The molecule has 0 aliphatic heterocycles. The molecule has 1 unspecified atom stereocenters. The monoisotopic (exact) mass is 299 g/mol. The molecule has 0 saturated heterocycles. The fraction of sp³-hybridized carbons (Fsp3) is 0.571. The van der Waals surface area contributed by atoms with E-state index in [-0.39, 0.29) is 12.6 Å². The lowest BCUT2D eigenvalue weighted by molar-refractivity contribution is 0.266. The number of hydrogen-bond acceptors (Lipinski definition) is 2. The lowest BCUT2D eigenvalue weighted by atomic mass is 10.1. The molecule has 0 heterocycles. The van der Waals surface area contributed by atoms with Gasteiger partial charge in [-0.2, -0.15) is 0 Å². The van der Waals surface area contributed by atoms with Gasteiger partial charge in [-0.3, -0.25) is 0 Å². The maximum atomic E-state index is 9.36. The summed E-state index contributed by atoms with van der Waals surface area (Å²) < 4.78 is 1.05. The highest BCUT2D eigenvalue weighted by Gasteiger charge is 2.08. The Balaban J connectivity index is 2.38. The number of aliphatic hydroxyl groups excluding tert-OH is 1. The molecule has 17 heavy (non-hydrogen) atoms. The number of nitrogens with one attached hydrogen (secondary N) is 1. The van der Waals surface area contributed by atoms with Gasteiger partial charge in [0.05, 0.1) is 6.61 Å². The fourth-order valence-corrected chi connectivity index (χ4v) is 2.22. The van der Waals surface area contributed by atoms with Crippen LogP contribution in [-0.4, -0.2) is 17.8 Å². The number of para-hydroxylation sites is 1. The quantitative estimate of drug-likeness (QED) is 0.705. The first-order valence-electron chi connectivity index (χ1n) is 6.39. The first kappa shape index (κ1) is 14.5. The molecule has 1 rings (SSSR count). The van der Waals surface area contributed by atoms with Crippen LogP contribution in [0.4, 0.5) is 5.69 Å². The molecule has 0 aliphatic rings. The van der Waals surface area contributed by atoms with Gasteiger partial charge in [0.1, 0.15) is 0 Å². The van der Waals surface area contributed by atoms with E-state index in [4.69, 9.17) is 0 Å². The van der Waals surface area contributed by atoms with Crippen LogP contribution in [0.15, 0.2) is 28.7 Å². The van der Waals surface area contributed by atoms with Gasteiger partial charge in [-0.15, -0.1) is 0 Å². The highest BCUT2D eigenvalue weighted by atomic mass is 79.9. The average molecular weight is 300 g/mol. The van der Waals surface area contributed by atoms with E-state index in [1.54, 1.807) is 0 Å². The number of anilines is 1. The molecule has 0 amide bonds. The van der Waals surface area contributed by atoms with Crippen molar-refractivity contribution in [2.45, 2.75) is 45.1 Å². The molecular weight excluding hydrogens is 278 g/mol. The van der Waals surface area contributed by atoms with Crippen molar-refractivity contribution in [3.05, 3.63) is 28.7 Å². The maximum Gasteiger partial charge on any atom is 0.0632 e. The summed E-state index contributed by atoms with van der Waals surface area (Å²) in [6.07, 6.45) is 5.99. The second-order valence-corrected chi connectivity index (χ2v) is 5.21. The summed E-state index contributed by atoms with van der Waals surface area (Å²) >= 11 is 3.50. The van der Waals surface area contributed by atoms with E-state index in [0.717, 1.165) is 16.6 Å². The van der Waals surface area contributed by atoms with Crippen LogP contribution in [0, 0.1) is 0 Å². The van der Waals surface area contributed by atoms with Gasteiger partial charge >= 0.3 is 0 Å². The molecule has 1 aromatic rings. The summed E-state index contributed by atoms with van der Waals surface area (Å²) in [7, 11) is 0. The molecule has 0 radical (unpaired) electrons. The van der Waals surface area contributed by atoms with Crippen molar-refractivity contribution in [3.8, 4) is 0 Å². The van der Waals surface area contributed by atoms with E-state index in [2.05, 4.69) is 28.2 Å². The van der Waals surface area contributed by atoms with E-state index in [9.17, 15) is 5.11 Å². The topological polar surface area (TPSA) is 32.3 Å². The lowest BCUT2D eigenvalue weighted by Crippen LogP contribution is -2.23. The molecule has 0 fully saturated rings. The zero-order valence-electron chi connectivity index (χ0n) is 10.5.